The molecule has 18 heavy (non-hydrogen) atoms. The Morgan fingerprint density at radius 2 is 2.17 bits per heavy atom. The molecule has 0 spiro atoms. The number of anilines is 1. The Morgan fingerprint density at radius 3 is 2.89 bits per heavy atom. The summed E-state index contributed by atoms with van der Waals surface area (Å²) in [6.45, 7) is 4.23. The number of aromatic nitrogens is 4. The molecular formula is C13H17N5. The van der Waals surface area contributed by atoms with Gasteiger partial charge < -0.3 is 5.73 Å². The van der Waals surface area contributed by atoms with Crippen LogP contribution in [0.1, 0.15) is 31.4 Å². The Morgan fingerprint density at radius 1 is 1.39 bits per heavy atom. The van der Waals surface area contributed by atoms with E-state index in [2.05, 4.69) is 29.4 Å². The average Bonchev–Trinajstić information content (AvgIpc) is 3.09. The van der Waals surface area contributed by atoms with Gasteiger partial charge in [0.2, 0.25) is 0 Å². The molecule has 0 saturated heterocycles. The topological polar surface area (TPSA) is 69.6 Å². The standard InChI is InChI=1S/C13H17N5/c1-8-3-6-11(14)7-12(8)13-15-16-17-18(13)9(2)10-4-5-10/h3,6-7,9-10H,4-5,14H2,1-2H3. The van der Waals surface area contributed by atoms with Crippen molar-refractivity contribution in [2.24, 2.45) is 5.92 Å². The van der Waals surface area contributed by atoms with Crippen LogP contribution in [0.4, 0.5) is 5.69 Å². The Labute approximate surface area is 106 Å². The predicted octanol–water partition coefficient (Wildman–Crippen LogP) is 2.20. The van der Waals surface area contributed by atoms with Gasteiger partial charge in [0.25, 0.3) is 0 Å². The fourth-order valence-corrected chi connectivity index (χ4v) is 2.30. The molecule has 2 N–H and O–H groups in total. The largest absolute Gasteiger partial charge is 0.399 e. The molecule has 2 aromatic rings. The summed E-state index contributed by atoms with van der Waals surface area (Å²) in [4.78, 5) is 0. The molecule has 0 radical (unpaired) electrons. The first-order chi connectivity index (χ1) is 8.66. The Hall–Kier alpha value is -1.91. The van der Waals surface area contributed by atoms with Crippen LogP contribution in [0.2, 0.25) is 0 Å². The molecule has 1 aromatic carbocycles. The first-order valence-corrected chi connectivity index (χ1v) is 6.31. The van der Waals surface area contributed by atoms with Crippen molar-refractivity contribution in [3.8, 4) is 11.4 Å². The van der Waals surface area contributed by atoms with E-state index in [1.807, 2.05) is 22.9 Å². The minimum atomic E-state index is 0.357. The molecule has 5 nitrogen and oxygen atoms in total. The monoisotopic (exact) mass is 243 g/mol. The summed E-state index contributed by atoms with van der Waals surface area (Å²) in [5.74, 6) is 1.54. The zero-order valence-electron chi connectivity index (χ0n) is 10.7. The van der Waals surface area contributed by atoms with Crippen LogP contribution in [-0.4, -0.2) is 20.2 Å². The van der Waals surface area contributed by atoms with Crippen molar-refractivity contribution in [3.05, 3.63) is 23.8 Å². The van der Waals surface area contributed by atoms with Gasteiger partial charge in [-0.05, 0) is 60.7 Å². The van der Waals surface area contributed by atoms with Crippen molar-refractivity contribution >= 4 is 5.69 Å². The molecule has 5 heteroatoms. The lowest BCUT2D eigenvalue weighted by molar-refractivity contribution is 0.433. The van der Waals surface area contributed by atoms with Gasteiger partial charge in [0.05, 0.1) is 6.04 Å². The molecule has 0 bridgehead atoms. The fraction of sp³-hybridized carbons (Fsp3) is 0.462. The number of nitrogens with two attached hydrogens (primary N) is 1. The van der Waals surface area contributed by atoms with Crippen LogP contribution < -0.4 is 5.73 Å². The van der Waals surface area contributed by atoms with Gasteiger partial charge >= 0.3 is 0 Å². The molecule has 1 atom stereocenters. The highest BCUT2D eigenvalue weighted by Crippen LogP contribution is 2.40. The number of hydrogen-bond donors (Lipinski definition) is 1. The van der Waals surface area contributed by atoms with Gasteiger partial charge in [-0.2, -0.15) is 0 Å². The second kappa shape index (κ2) is 4.08. The molecule has 1 fully saturated rings. The Balaban J connectivity index is 2.06. The van der Waals surface area contributed by atoms with Crippen molar-refractivity contribution in [2.45, 2.75) is 32.7 Å². The zero-order chi connectivity index (χ0) is 12.7. The number of rotatable bonds is 3. The van der Waals surface area contributed by atoms with Crippen LogP contribution in [0.25, 0.3) is 11.4 Å². The second-order valence-electron chi connectivity index (χ2n) is 5.10. The molecule has 1 aliphatic rings. The lowest BCUT2D eigenvalue weighted by Gasteiger charge is -2.13. The normalized spacial score (nSPS) is 16.8. The summed E-state index contributed by atoms with van der Waals surface area (Å²) in [5.41, 5.74) is 8.76. The average molecular weight is 243 g/mol. The van der Waals surface area contributed by atoms with Crippen LogP contribution in [-0.2, 0) is 0 Å². The number of hydrogen-bond acceptors (Lipinski definition) is 4. The summed E-state index contributed by atoms with van der Waals surface area (Å²) in [7, 11) is 0. The van der Waals surface area contributed by atoms with Crippen molar-refractivity contribution in [1.29, 1.82) is 0 Å². The van der Waals surface area contributed by atoms with Crippen molar-refractivity contribution in [3.63, 3.8) is 0 Å². The quantitative estimate of drug-likeness (QED) is 0.839. The third-order valence-electron chi connectivity index (χ3n) is 3.69. The van der Waals surface area contributed by atoms with Crippen molar-refractivity contribution in [2.75, 3.05) is 5.73 Å². The van der Waals surface area contributed by atoms with Gasteiger partial charge in [0.1, 0.15) is 0 Å². The van der Waals surface area contributed by atoms with Crippen LogP contribution in [0.5, 0.6) is 0 Å². The predicted molar refractivity (Wildman–Crippen MR) is 69.8 cm³/mol. The van der Waals surface area contributed by atoms with Crippen molar-refractivity contribution in [1.82, 2.24) is 20.2 Å². The van der Waals surface area contributed by atoms with E-state index in [1.54, 1.807) is 0 Å². The summed E-state index contributed by atoms with van der Waals surface area (Å²) in [6, 6.07) is 6.20. The first kappa shape index (κ1) is 11.2. The maximum absolute atomic E-state index is 5.85. The molecule has 1 aromatic heterocycles. The van der Waals surface area contributed by atoms with Crippen LogP contribution in [0.15, 0.2) is 18.2 Å². The molecule has 1 heterocycles. The molecule has 1 unspecified atom stereocenters. The lowest BCUT2D eigenvalue weighted by Crippen LogP contribution is -2.11. The summed E-state index contributed by atoms with van der Waals surface area (Å²) >= 11 is 0. The number of aryl methyl sites for hydroxylation is 1. The fourth-order valence-electron chi connectivity index (χ4n) is 2.30. The van der Waals surface area contributed by atoms with E-state index >= 15 is 0 Å². The van der Waals surface area contributed by atoms with Crippen LogP contribution in [0, 0.1) is 12.8 Å². The van der Waals surface area contributed by atoms with Gasteiger partial charge in [0.15, 0.2) is 5.82 Å². The minimum absolute atomic E-state index is 0.357. The molecule has 94 valence electrons. The van der Waals surface area contributed by atoms with E-state index in [-0.39, 0.29) is 0 Å². The maximum Gasteiger partial charge on any atom is 0.182 e. The third-order valence-corrected chi connectivity index (χ3v) is 3.69. The smallest absolute Gasteiger partial charge is 0.182 e. The van der Waals surface area contributed by atoms with Gasteiger partial charge in [-0.15, -0.1) is 5.10 Å². The molecule has 1 saturated carbocycles. The molecular weight excluding hydrogens is 226 g/mol. The van der Waals surface area contributed by atoms with Gasteiger partial charge in [-0.1, -0.05) is 6.07 Å². The highest BCUT2D eigenvalue weighted by Gasteiger charge is 2.31. The first-order valence-electron chi connectivity index (χ1n) is 6.31. The molecule has 0 aliphatic heterocycles. The van der Waals surface area contributed by atoms with Gasteiger partial charge in [-0.3, -0.25) is 0 Å². The summed E-state index contributed by atoms with van der Waals surface area (Å²) in [5, 5.41) is 12.1. The minimum Gasteiger partial charge on any atom is -0.399 e. The lowest BCUT2D eigenvalue weighted by atomic mass is 10.1. The summed E-state index contributed by atoms with van der Waals surface area (Å²) < 4.78 is 1.93. The second-order valence-corrected chi connectivity index (χ2v) is 5.10. The summed E-state index contributed by atoms with van der Waals surface area (Å²) in [6.07, 6.45) is 2.55. The maximum atomic E-state index is 5.85. The third kappa shape index (κ3) is 1.85. The molecule has 3 rings (SSSR count). The SMILES string of the molecule is Cc1ccc(N)cc1-c1nnnn1C(C)C1CC1. The molecule has 1 aliphatic carbocycles. The number of nitrogens with zero attached hydrogens (tertiary/aromatic N) is 4. The van der Waals surface area contributed by atoms with Crippen LogP contribution >= 0.6 is 0 Å². The highest BCUT2D eigenvalue weighted by molar-refractivity contribution is 5.65. The molecule has 0 amide bonds. The van der Waals surface area contributed by atoms with E-state index in [9.17, 15) is 0 Å². The highest BCUT2D eigenvalue weighted by atomic mass is 15.5. The Kier molecular flexibility index (Phi) is 2.54. The van der Waals surface area contributed by atoms with E-state index in [0.29, 0.717) is 12.0 Å². The van der Waals surface area contributed by atoms with Gasteiger partial charge in [0, 0.05) is 11.3 Å². The van der Waals surface area contributed by atoms with E-state index in [1.165, 1.54) is 12.8 Å². The van der Waals surface area contributed by atoms with Crippen LogP contribution in [0.3, 0.4) is 0 Å². The Bertz CT molecular complexity index is 571. The number of nitrogen functional groups attached to an aromatic ring is 1. The van der Waals surface area contributed by atoms with Gasteiger partial charge in [-0.25, -0.2) is 4.68 Å². The number of benzene rings is 1. The van der Waals surface area contributed by atoms with Crippen molar-refractivity contribution < 1.29 is 0 Å². The van der Waals surface area contributed by atoms with E-state index in [4.69, 9.17) is 5.73 Å². The van der Waals surface area contributed by atoms with E-state index < -0.39 is 0 Å². The van der Waals surface area contributed by atoms with E-state index in [0.717, 1.165) is 22.6 Å². The number of tetrazole rings is 1. The zero-order valence-corrected chi connectivity index (χ0v) is 10.7.